The lowest BCUT2D eigenvalue weighted by Crippen LogP contribution is -2.15. The van der Waals surface area contributed by atoms with Crippen LogP contribution in [0.4, 0.5) is 0 Å². The molecule has 2 aromatic heterocycles. The van der Waals surface area contributed by atoms with Gasteiger partial charge in [-0.25, -0.2) is 0 Å². The lowest BCUT2D eigenvalue weighted by atomic mass is 9.88. The second kappa shape index (κ2) is 6.29. The molecule has 6 heteroatoms. The summed E-state index contributed by atoms with van der Waals surface area (Å²) in [6.07, 6.45) is 6.21. The highest BCUT2D eigenvalue weighted by Crippen LogP contribution is 2.36. The number of benzene rings is 2. The van der Waals surface area contributed by atoms with E-state index in [0.717, 1.165) is 47.2 Å². The summed E-state index contributed by atoms with van der Waals surface area (Å²) in [7, 11) is 0. The number of nitriles is 1. The molecule has 0 fully saturated rings. The molecule has 1 N–H and O–H groups in total. The number of aromatic amines is 1. The number of aromatic nitrogens is 3. The van der Waals surface area contributed by atoms with Gasteiger partial charge in [-0.1, -0.05) is 11.2 Å². The standard InChI is InChI=1S/C21H16N4O2/c22-10-13-4-6-17-14(8-13)2-1-3-20(17)27-16-5-7-19-18(9-16)21(25-24-19)15-11-23-26-12-15/h4-9,11-12,20H,1-3H2,(H,24,25)/t20-/m0/s1. The largest absolute Gasteiger partial charge is 0.486 e. The van der Waals surface area contributed by atoms with Gasteiger partial charge < -0.3 is 9.26 Å². The lowest BCUT2D eigenvalue weighted by Gasteiger charge is -2.26. The van der Waals surface area contributed by atoms with Gasteiger partial charge >= 0.3 is 0 Å². The second-order valence-corrected chi connectivity index (χ2v) is 6.72. The van der Waals surface area contributed by atoms with Gasteiger partial charge in [-0.3, -0.25) is 5.10 Å². The molecule has 0 spiro atoms. The molecule has 0 aliphatic heterocycles. The van der Waals surface area contributed by atoms with Crippen molar-refractivity contribution >= 4 is 10.9 Å². The summed E-state index contributed by atoms with van der Waals surface area (Å²) in [5, 5.41) is 21.2. The van der Waals surface area contributed by atoms with E-state index in [9.17, 15) is 0 Å². The molecule has 0 unspecified atom stereocenters. The zero-order chi connectivity index (χ0) is 18.2. The molecule has 2 heterocycles. The molecule has 1 aliphatic carbocycles. The fourth-order valence-corrected chi connectivity index (χ4v) is 3.73. The van der Waals surface area contributed by atoms with Gasteiger partial charge in [-0.05, 0) is 60.7 Å². The molecular weight excluding hydrogens is 340 g/mol. The highest BCUT2D eigenvalue weighted by Gasteiger charge is 2.22. The summed E-state index contributed by atoms with van der Waals surface area (Å²) < 4.78 is 11.3. The predicted octanol–water partition coefficient (Wildman–Crippen LogP) is 4.55. The van der Waals surface area contributed by atoms with E-state index >= 15 is 0 Å². The molecule has 0 saturated carbocycles. The SMILES string of the molecule is N#Cc1ccc2c(c1)CCC[C@@H]2Oc1ccc2[nH]nc(-c3cnoc3)c2c1. The number of H-pyrrole nitrogens is 1. The summed E-state index contributed by atoms with van der Waals surface area (Å²) in [6, 6.07) is 14.0. The maximum absolute atomic E-state index is 9.12. The van der Waals surface area contributed by atoms with Crippen molar-refractivity contribution in [2.45, 2.75) is 25.4 Å². The molecule has 1 aliphatic rings. The number of rotatable bonds is 3. The molecule has 0 bridgehead atoms. The van der Waals surface area contributed by atoms with E-state index in [0.29, 0.717) is 5.56 Å². The summed E-state index contributed by atoms with van der Waals surface area (Å²) in [5.41, 5.74) is 5.63. The van der Waals surface area contributed by atoms with Crippen LogP contribution in [0, 0.1) is 11.3 Å². The van der Waals surface area contributed by atoms with Crippen molar-refractivity contribution < 1.29 is 9.26 Å². The summed E-state index contributed by atoms with van der Waals surface area (Å²) >= 11 is 0. The second-order valence-electron chi connectivity index (χ2n) is 6.72. The van der Waals surface area contributed by atoms with Gasteiger partial charge in [-0.2, -0.15) is 10.4 Å². The van der Waals surface area contributed by atoms with Gasteiger partial charge in [-0.15, -0.1) is 0 Å². The van der Waals surface area contributed by atoms with Crippen molar-refractivity contribution in [3.8, 4) is 23.1 Å². The van der Waals surface area contributed by atoms with Crippen LogP contribution in [0.1, 0.15) is 35.6 Å². The van der Waals surface area contributed by atoms with Crippen molar-refractivity contribution in [2.75, 3.05) is 0 Å². The number of hydrogen-bond acceptors (Lipinski definition) is 5. The number of aryl methyl sites for hydroxylation is 1. The highest BCUT2D eigenvalue weighted by atomic mass is 16.5. The van der Waals surface area contributed by atoms with E-state index in [1.165, 1.54) is 11.1 Å². The maximum atomic E-state index is 9.12. The summed E-state index contributed by atoms with van der Waals surface area (Å²) in [6.45, 7) is 0. The zero-order valence-corrected chi connectivity index (χ0v) is 14.5. The van der Waals surface area contributed by atoms with Gasteiger partial charge in [0, 0.05) is 5.39 Å². The fourth-order valence-electron chi connectivity index (χ4n) is 3.73. The number of hydrogen-bond donors (Lipinski definition) is 1. The minimum absolute atomic E-state index is 0.00936. The molecule has 0 saturated heterocycles. The molecule has 2 aromatic carbocycles. The van der Waals surface area contributed by atoms with Crippen molar-refractivity contribution in [3.63, 3.8) is 0 Å². The average Bonchev–Trinajstić information content (AvgIpc) is 3.37. The van der Waals surface area contributed by atoms with E-state index in [2.05, 4.69) is 21.4 Å². The molecule has 0 amide bonds. The van der Waals surface area contributed by atoms with E-state index < -0.39 is 0 Å². The van der Waals surface area contributed by atoms with Crippen molar-refractivity contribution in [3.05, 3.63) is 65.5 Å². The van der Waals surface area contributed by atoms with Crippen molar-refractivity contribution in [1.82, 2.24) is 15.4 Å². The van der Waals surface area contributed by atoms with Crippen LogP contribution < -0.4 is 4.74 Å². The van der Waals surface area contributed by atoms with E-state index in [1.54, 1.807) is 12.5 Å². The van der Waals surface area contributed by atoms with Crippen molar-refractivity contribution in [1.29, 1.82) is 5.26 Å². The first-order chi connectivity index (χ1) is 13.3. The summed E-state index contributed by atoms with van der Waals surface area (Å²) in [5.74, 6) is 0.795. The average molecular weight is 356 g/mol. The quantitative estimate of drug-likeness (QED) is 0.582. The minimum atomic E-state index is -0.00936. The summed E-state index contributed by atoms with van der Waals surface area (Å²) in [4.78, 5) is 0. The molecule has 132 valence electrons. The van der Waals surface area contributed by atoms with Crippen LogP contribution in [0.2, 0.25) is 0 Å². The Hall–Kier alpha value is -3.59. The van der Waals surface area contributed by atoms with Gasteiger partial charge in [0.1, 0.15) is 23.8 Å². The molecule has 5 rings (SSSR count). The first-order valence-corrected chi connectivity index (χ1v) is 8.89. The predicted molar refractivity (Wildman–Crippen MR) is 99.1 cm³/mol. The number of nitrogens with zero attached hydrogens (tertiary/aromatic N) is 3. The number of fused-ring (bicyclic) bond motifs is 2. The van der Waals surface area contributed by atoms with E-state index in [-0.39, 0.29) is 6.10 Å². The molecular formula is C21H16N4O2. The Labute approximate surface area is 155 Å². The van der Waals surface area contributed by atoms with Gasteiger partial charge in [0.15, 0.2) is 0 Å². The smallest absolute Gasteiger partial charge is 0.133 e. The minimum Gasteiger partial charge on any atom is -0.486 e. The molecule has 0 radical (unpaired) electrons. The molecule has 27 heavy (non-hydrogen) atoms. The van der Waals surface area contributed by atoms with Crippen LogP contribution in [0.3, 0.4) is 0 Å². The van der Waals surface area contributed by atoms with E-state index in [4.69, 9.17) is 14.5 Å². The Morgan fingerprint density at radius 1 is 1.22 bits per heavy atom. The normalized spacial score (nSPS) is 16.0. The van der Waals surface area contributed by atoms with Crippen LogP contribution in [0.5, 0.6) is 5.75 Å². The molecule has 1 atom stereocenters. The van der Waals surface area contributed by atoms with Gasteiger partial charge in [0.25, 0.3) is 0 Å². The Balaban J connectivity index is 1.49. The monoisotopic (exact) mass is 356 g/mol. The first kappa shape index (κ1) is 15.6. The van der Waals surface area contributed by atoms with Crippen LogP contribution >= 0.6 is 0 Å². The highest BCUT2D eigenvalue weighted by molar-refractivity contribution is 5.93. The van der Waals surface area contributed by atoms with Crippen LogP contribution in [-0.2, 0) is 6.42 Å². The maximum Gasteiger partial charge on any atom is 0.133 e. The van der Waals surface area contributed by atoms with Crippen molar-refractivity contribution in [2.24, 2.45) is 0 Å². The van der Waals surface area contributed by atoms with Crippen LogP contribution in [0.15, 0.2) is 53.4 Å². The van der Waals surface area contributed by atoms with Gasteiger partial charge in [0.05, 0.1) is 28.9 Å². The zero-order valence-electron chi connectivity index (χ0n) is 14.5. The number of nitrogens with one attached hydrogen (secondary N) is 1. The Bertz CT molecular complexity index is 1150. The van der Waals surface area contributed by atoms with E-state index in [1.807, 2.05) is 36.4 Å². The Kier molecular flexibility index (Phi) is 3.65. The molecule has 4 aromatic rings. The fraction of sp³-hybridized carbons (Fsp3) is 0.190. The Morgan fingerprint density at radius 2 is 2.19 bits per heavy atom. The lowest BCUT2D eigenvalue weighted by molar-refractivity contribution is 0.183. The topological polar surface area (TPSA) is 87.7 Å². The third kappa shape index (κ3) is 2.74. The van der Waals surface area contributed by atoms with Gasteiger partial charge in [0.2, 0.25) is 0 Å². The number of ether oxygens (including phenoxy) is 1. The third-order valence-electron chi connectivity index (χ3n) is 5.05. The third-order valence-corrected chi connectivity index (χ3v) is 5.05. The van der Waals surface area contributed by atoms with Crippen LogP contribution in [-0.4, -0.2) is 15.4 Å². The van der Waals surface area contributed by atoms with Crippen LogP contribution in [0.25, 0.3) is 22.2 Å². The first-order valence-electron chi connectivity index (χ1n) is 8.89. The Morgan fingerprint density at radius 3 is 3.04 bits per heavy atom. The molecule has 6 nitrogen and oxygen atoms in total.